The number of aliphatic hydroxyl groups excluding tert-OH is 1. The van der Waals surface area contributed by atoms with Gasteiger partial charge in [-0.3, -0.25) is 4.79 Å². The van der Waals surface area contributed by atoms with Crippen LogP contribution in [0.1, 0.15) is 13.8 Å². The predicted molar refractivity (Wildman–Crippen MR) is 37.1 cm³/mol. The first-order chi connectivity index (χ1) is 4.00. The zero-order valence-electron chi connectivity index (χ0n) is 6.46. The zero-order valence-corrected chi connectivity index (χ0v) is 6.46. The number of carbonyl (C=O) groups excluding carboxylic acids is 1. The first kappa shape index (κ1) is 11.3. The lowest BCUT2D eigenvalue weighted by molar-refractivity contribution is -0.115. The summed E-state index contributed by atoms with van der Waals surface area (Å²) in [5.74, 6) is 0. The SMILES string of the molecule is CC(C)O.CN(C)C=O. The van der Waals surface area contributed by atoms with Crippen LogP contribution in [-0.4, -0.2) is 36.6 Å². The van der Waals surface area contributed by atoms with Crippen LogP contribution in [0, 0.1) is 0 Å². The van der Waals surface area contributed by atoms with E-state index < -0.39 is 0 Å². The minimum absolute atomic E-state index is 0.167. The summed E-state index contributed by atoms with van der Waals surface area (Å²) in [4.78, 5) is 10.9. The number of amides is 1. The quantitative estimate of drug-likeness (QED) is 0.515. The Labute approximate surface area is 56.3 Å². The molecule has 56 valence electrons. The molecule has 0 bridgehead atoms. The molecule has 0 aromatic heterocycles. The normalized spacial score (nSPS) is 7.78. The maximum atomic E-state index is 9.43. The Kier molecular flexibility index (Phi) is 9.29. The number of hydrogen-bond donors (Lipinski definition) is 1. The second-order valence-corrected chi connectivity index (χ2v) is 2.16. The number of hydrogen-bond acceptors (Lipinski definition) is 2. The number of carbonyl (C=O) groups is 1. The molecule has 0 aromatic rings. The van der Waals surface area contributed by atoms with Gasteiger partial charge in [0.1, 0.15) is 0 Å². The molecule has 1 amide bonds. The minimum Gasteiger partial charge on any atom is -0.394 e. The van der Waals surface area contributed by atoms with E-state index in [2.05, 4.69) is 0 Å². The van der Waals surface area contributed by atoms with Crippen molar-refractivity contribution in [3.8, 4) is 0 Å². The Morgan fingerprint density at radius 1 is 1.44 bits per heavy atom. The van der Waals surface area contributed by atoms with E-state index >= 15 is 0 Å². The number of rotatable bonds is 1. The van der Waals surface area contributed by atoms with E-state index in [1.165, 1.54) is 4.90 Å². The molecule has 0 saturated carbocycles. The summed E-state index contributed by atoms with van der Waals surface area (Å²) in [5.41, 5.74) is 0. The molecule has 0 unspecified atom stereocenters. The highest BCUT2D eigenvalue weighted by molar-refractivity contribution is 5.45. The highest BCUT2D eigenvalue weighted by Crippen LogP contribution is 1.65. The maximum absolute atomic E-state index is 9.43. The van der Waals surface area contributed by atoms with Gasteiger partial charge >= 0.3 is 0 Å². The molecule has 0 aliphatic heterocycles. The van der Waals surface area contributed by atoms with Gasteiger partial charge in [0.15, 0.2) is 0 Å². The fourth-order valence-corrected chi connectivity index (χ4v) is 0. The van der Waals surface area contributed by atoms with Crippen molar-refractivity contribution in [3.63, 3.8) is 0 Å². The van der Waals surface area contributed by atoms with Gasteiger partial charge in [-0.2, -0.15) is 0 Å². The van der Waals surface area contributed by atoms with Crippen molar-refractivity contribution in [1.82, 2.24) is 4.90 Å². The molecular weight excluding hydrogens is 118 g/mol. The largest absolute Gasteiger partial charge is 0.394 e. The Balaban J connectivity index is 0. The molecule has 0 atom stereocenters. The maximum Gasteiger partial charge on any atom is 0.209 e. The predicted octanol–water partition coefficient (Wildman–Crippen LogP) is 0.0915. The second kappa shape index (κ2) is 7.43. The van der Waals surface area contributed by atoms with E-state index in [9.17, 15) is 4.79 Å². The van der Waals surface area contributed by atoms with Gasteiger partial charge in [0.05, 0.1) is 0 Å². The van der Waals surface area contributed by atoms with Crippen molar-refractivity contribution in [2.75, 3.05) is 14.1 Å². The van der Waals surface area contributed by atoms with Crippen LogP contribution in [-0.2, 0) is 4.79 Å². The third-order valence-corrected chi connectivity index (χ3v) is 0.211. The van der Waals surface area contributed by atoms with Crippen LogP contribution in [0.25, 0.3) is 0 Å². The molecule has 0 fully saturated rings. The minimum atomic E-state index is -0.167. The lowest BCUT2D eigenvalue weighted by atomic mass is 10.5. The van der Waals surface area contributed by atoms with Gasteiger partial charge in [-0.05, 0) is 13.8 Å². The standard InChI is InChI=1S/C3H7NO.C3H8O/c1-4(2)3-5;1-3(2)4/h3H,1-2H3;3-4H,1-2H3. The number of nitrogens with zero attached hydrogens (tertiary/aromatic N) is 1. The van der Waals surface area contributed by atoms with E-state index in [1.54, 1.807) is 27.9 Å². The Bertz CT molecular complexity index is 59.3. The van der Waals surface area contributed by atoms with Crippen molar-refractivity contribution < 1.29 is 9.90 Å². The van der Waals surface area contributed by atoms with Crippen molar-refractivity contribution >= 4 is 6.41 Å². The van der Waals surface area contributed by atoms with E-state index in [-0.39, 0.29) is 6.10 Å². The molecule has 0 aliphatic rings. The summed E-state index contributed by atoms with van der Waals surface area (Å²) < 4.78 is 0. The monoisotopic (exact) mass is 133 g/mol. The Hall–Kier alpha value is -0.570. The average molecular weight is 133 g/mol. The Morgan fingerprint density at radius 2 is 1.56 bits per heavy atom. The fraction of sp³-hybridized carbons (Fsp3) is 0.833. The van der Waals surface area contributed by atoms with Crippen LogP contribution in [0.3, 0.4) is 0 Å². The zero-order chi connectivity index (χ0) is 7.86. The van der Waals surface area contributed by atoms with Gasteiger partial charge in [-0.25, -0.2) is 0 Å². The van der Waals surface area contributed by atoms with Crippen molar-refractivity contribution in [1.29, 1.82) is 0 Å². The molecule has 1 N–H and O–H groups in total. The molecule has 0 heterocycles. The number of aliphatic hydroxyl groups is 1. The molecule has 0 rings (SSSR count). The van der Waals surface area contributed by atoms with Crippen LogP contribution < -0.4 is 0 Å². The van der Waals surface area contributed by atoms with Gasteiger partial charge in [0.25, 0.3) is 0 Å². The summed E-state index contributed by atoms with van der Waals surface area (Å²) >= 11 is 0. The smallest absolute Gasteiger partial charge is 0.209 e. The second-order valence-electron chi connectivity index (χ2n) is 2.16. The van der Waals surface area contributed by atoms with Crippen LogP contribution in [0.2, 0.25) is 0 Å². The summed E-state index contributed by atoms with van der Waals surface area (Å²) in [6, 6.07) is 0. The van der Waals surface area contributed by atoms with Gasteiger partial charge in [-0.1, -0.05) is 0 Å². The first-order valence-corrected chi connectivity index (χ1v) is 2.80. The average Bonchev–Trinajstić information content (AvgIpc) is 1.65. The lowest BCUT2D eigenvalue weighted by Crippen LogP contribution is -2.06. The third-order valence-electron chi connectivity index (χ3n) is 0.211. The summed E-state index contributed by atoms with van der Waals surface area (Å²) in [7, 11) is 3.38. The molecule has 0 aliphatic carbocycles. The van der Waals surface area contributed by atoms with Crippen LogP contribution in [0.5, 0.6) is 0 Å². The van der Waals surface area contributed by atoms with Gasteiger partial charge in [-0.15, -0.1) is 0 Å². The van der Waals surface area contributed by atoms with Crippen LogP contribution in [0.4, 0.5) is 0 Å². The van der Waals surface area contributed by atoms with Gasteiger partial charge in [0, 0.05) is 20.2 Å². The molecule has 0 spiro atoms. The molecule has 0 saturated heterocycles. The lowest BCUT2D eigenvalue weighted by Gasteiger charge is -1.93. The Morgan fingerprint density at radius 3 is 1.56 bits per heavy atom. The molecular formula is C6H15NO2. The summed E-state index contributed by atoms with van der Waals surface area (Å²) in [6.07, 6.45) is 0.583. The summed E-state index contributed by atoms with van der Waals surface area (Å²) in [6.45, 7) is 3.44. The fourth-order valence-electron chi connectivity index (χ4n) is 0. The first-order valence-electron chi connectivity index (χ1n) is 2.80. The molecule has 0 radical (unpaired) electrons. The van der Waals surface area contributed by atoms with E-state index in [1.807, 2.05) is 0 Å². The van der Waals surface area contributed by atoms with Crippen LogP contribution >= 0.6 is 0 Å². The summed E-state index contributed by atoms with van der Waals surface area (Å²) in [5, 5.41) is 8.06. The van der Waals surface area contributed by atoms with E-state index in [0.717, 1.165) is 6.41 Å². The topological polar surface area (TPSA) is 40.5 Å². The molecule has 0 aromatic carbocycles. The van der Waals surface area contributed by atoms with Crippen LogP contribution in [0.15, 0.2) is 0 Å². The van der Waals surface area contributed by atoms with Crippen molar-refractivity contribution in [2.45, 2.75) is 20.0 Å². The van der Waals surface area contributed by atoms with E-state index in [0.29, 0.717) is 0 Å². The molecule has 3 heteroatoms. The van der Waals surface area contributed by atoms with Crippen molar-refractivity contribution in [3.05, 3.63) is 0 Å². The molecule has 9 heavy (non-hydrogen) atoms. The highest BCUT2D eigenvalue weighted by atomic mass is 16.3. The van der Waals surface area contributed by atoms with E-state index in [4.69, 9.17) is 5.11 Å². The van der Waals surface area contributed by atoms with Crippen molar-refractivity contribution in [2.24, 2.45) is 0 Å². The molecule has 3 nitrogen and oxygen atoms in total. The third kappa shape index (κ3) is 107. The van der Waals surface area contributed by atoms with Gasteiger partial charge in [0.2, 0.25) is 6.41 Å². The van der Waals surface area contributed by atoms with Gasteiger partial charge < -0.3 is 10.0 Å². The highest BCUT2D eigenvalue weighted by Gasteiger charge is 1.69.